The molecule has 2 aromatic rings. The fraction of sp³-hybridized carbons (Fsp3) is 0. The van der Waals surface area contributed by atoms with Gasteiger partial charge >= 0.3 is 0 Å². The number of hydrogen-bond donors (Lipinski definition) is 1. The molecule has 0 fully saturated rings. The summed E-state index contributed by atoms with van der Waals surface area (Å²) >= 11 is 1.63. The third-order valence-corrected chi connectivity index (χ3v) is 3.56. The highest BCUT2D eigenvalue weighted by atomic mass is 32.2. The largest absolute Gasteiger partial charge is 0.508 e. The van der Waals surface area contributed by atoms with E-state index >= 15 is 0 Å². The van der Waals surface area contributed by atoms with Crippen LogP contribution in [0.15, 0.2) is 57.2 Å². The first-order valence-corrected chi connectivity index (χ1v) is 5.78. The Bertz CT molecular complexity index is 578. The molecule has 0 unspecified atom stereocenters. The van der Waals surface area contributed by atoms with Crippen molar-refractivity contribution in [2.45, 2.75) is 9.79 Å². The molecule has 3 heteroatoms. The number of benzene rings is 2. The summed E-state index contributed by atoms with van der Waals surface area (Å²) < 4.78 is 0. The molecular weight excluding hydrogens is 218 g/mol. The lowest BCUT2D eigenvalue weighted by Crippen LogP contribution is -1.81. The molecule has 0 aromatic heterocycles. The first-order valence-electron chi connectivity index (χ1n) is 4.97. The summed E-state index contributed by atoms with van der Waals surface area (Å²) in [5, 5.41) is 9.46. The highest BCUT2D eigenvalue weighted by Gasteiger charge is 2.10. The second kappa shape index (κ2) is 3.68. The summed E-state index contributed by atoms with van der Waals surface area (Å²) in [6.45, 7) is 0. The zero-order valence-electron chi connectivity index (χ0n) is 8.42. The maximum atomic E-state index is 9.46. The number of fused-ring (bicyclic) bond motifs is 2. The van der Waals surface area contributed by atoms with Gasteiger partial charge < -0.3 is 5.11 Å². The van der Waals surface area contributed by atoms with Crippen molar-refractivity contribution in [3.8, 4) is 5.75 Å². The smallest absolute Gasteiger partial charge is 0.116 e. The number of nitrogens with zero attached hydrogens (tertiary/aromatic N) is 1. The van der Waals surface area contributed by atoms with Crippen LogP contribution in [0.5, 0.6) is 5.75 Å². The first-order chi connectivity index (χ1) is 7.83. The third-order valence-electron chi connectivity index (χ3n) is 2.43. The van der Waals surface area contributed by atoms with Crippen LogP contribution >= 0.6 is 11.8 Å². The van der Waals surface area contributed by atoms with Crippen molar-refractivity contribution >= 4 is 23.7 Å². The summed E-state index contributed by atoms with van der Waals surface area (Å²) in [5.74, 6) is 0.279. The second-order valence-electron chi connectivity index (χ2n) is 3.55. The van der Waals surface area contributed by atoms with Crippen LogP contribution in [0.2, 0.25) is 0 Å². The predicted octanol–water partition coefficient (Wildman–Crippen LogP) is 3.61. The van der Waals surface area contributed by atoms with Crippen molar-refractivity contribution in [1.29, 1.82) is 0 Å². The molecule has 2 aromatic carbocycles. The zero-order chi connectivity index (χ0) is 11.0. The fourth-order valence-corrected chi connectivity index (χ4v) is 2.66. The quantitative estimate of drug-likeness (QED) is 0.636. The van der Waals surface area contributed by atoms with Gasteiger partial charge in [-0.1, -0.05) is 30.0 Å². The zero-order valence-corrected chi connectivity index (χ0v) is 9.24. The van der Waals surface area contributed by atoms with E-state index in [2.05, 4.69) is 11.1 Å². The fourth-order valence-electron chi connectivity index (χ4n) is 1.63. The first kappa shape index (κ1) is 9.48. The van der Waals surface area contributed by atoms with E-state index in [4.69, 9.17) is 0 Å². The lowest BCUT2D eigenvalue weighted by molar-refractivity contribution is 0.474. The second-order valence-corrected chi connectivity index (χ2v) is 4.63. The van der Waals surface area contributed by atoms with Gasteiger partial charge in [0.25, 0.3) is 0 Å². The maximum Gasteiger partial charge on any atom is 0.116 e. The van der Waals surface area contributed by atoms with Gasteiger partial charge in [-0.2, -0.15) is 0 Å². The number of phenolic OH excluding ortho intramolecular Hbond substituents is 1. The molecule has 78 valence electrons. The van der Waals surface area contributed by atoms with Crippen LogP contribution in [0.3, 0.4) is 0 Å². The summed E-state index contributed by atoms with van der Waals surface area (Å²) in [5.41, 5.74) is 2.02. The highest BCUT2D eigenvalue weighted by molar-refractivity contribution is 7.99. The molecule has 0 aliphatic carbocycles. The van der Waals surface area contributed by atoms with Gasteiger partial charge in [-0.25, -0.2) is 0 Å². The van der Waals surface area contributed by atoms with Gasteiger partial charge in [-0.05, 0) is 24.3 Å². The van der Waals surface area contributed by atoms with Crippen LogP contribution < -0.4 is 0 Å². The SMILES string of the molecule is Oc1ccc2c(c1)Sc1ccccc1C=N2. The molecule has 1 N–H and O–H groups in total. The molecule has 0 saturated heterocycles. The molecule has 0 saturated carbocycles. The van der Waals surface area contributed by atoms with Crippen LogP contribution in [0.4, 0.5) is 5.69 Å². The molecule has 0 atom stereocenters. The Morgan fingerprint density at radius 2 is 1.88 bits per heavy atom. The van der Waals surface area contributed by atoms with Gasteiger partial charge in [0.1, 0.15) is 5.75 Å². The Morgan fingerprint density at radius 1 is 1.00 bits per heavy atom. The van der Waals surface area contributed by atoms with Crippen molar-refractivity contribution in [3.05, 3.63) is 48.0 Å². The number of phenols is 1. The lowest BCUT2D eigenvalue weighted by atomic mass is 10.2. The minimum absolute atomic E-state index is 0.279. The molecule has 16 heavy (non-hydrogen) atoms. The van der Waals surface area contributed by atoms with Gasteiger partial charge in [0.15, 0.2) is 0 Å². The van der Waals surface area contributed by atoms with Crippen LogP contribution in [0.25, 0.3) is 0 Å². The number of aromatic hydroxyl groups is 1. The van der Waals surface area contributed by atoms with E-state index in [1.165, 1.54) is 0 Å². The van der Waals surface area contributed by atoms with Gasteiger partial charge in [-0.15, -0.1) is 0 Å². The van der Waals surface area contributed by atoms with Crippen molar-refractivity contribution in [2.24, 2.45) is 4.99 Å². The third kappa shape index (κ3) is 1.59. The predicted molar refractivity (Wildman–Crippen MR) is 65.9 cm³/mol. The van der Waals surface area contributed by atoms with E-state index in [1.807, 2.05) is 30.5 Å². The van der Waals surface area contributed by atoms with E-state index in [9.17, 15) is 5.11 Å². The Labute approximate surface area is 97.7 Å². The standard InChI is InChI=1S/C13H9NOS/c15-10-5-6-11-13(7-10)16-12-4-2-1-3-9(12)8-14-11/h1-8,15H. The van der Waals surface area contributed by atoms with Crippen molar-refractivity contribution in [1.82, 2.24) is 0 Å². The molecule has 2 nitrogen and oxygen atoms in total. The summed E-state index contributed by atoms with van der Waals surface area (Å²) in [7, 11) is 0. The average molecular weight is 227 g/mol. The molecule has 0 radical (unpaired) electrons. The van der Waals surface area contributed by atoms with Crippen molar-refractivity contribution in [2.75, 3.05) is 0 Å². The Hall–Kier alpha value is -1.74. The maximum absolute atomic E-state index is 9.46. The highest BCUT2D eigenvalue weighted by Crippen LogP contribution is 2.40. The van der Waals surface area contributed by atoms with Gasteiger partial charge in [-0.3, -0.25) is 4.99 Å². The van der Waals surface area contributed by atoms with E-state index in [1.54, 1.807) is 23.9 Å². The molecule has 0 amide bonds. The Balaban J connectivity index is 2.18. The summed E-state index contributed by atoms with van der Waals surface area (Å²) in [6.07, 6.45) is 1.87. The van der Waals surface area contributed by atoms with E-state index in [0.717, 1.165) is 21.0 Å². The Morgan fingerprint density at radius 3 is 2.81 bits per heavy atom. The molecule has 0 bridgehead atoms. The minimum Gasteiger partial charge on any atom is -0.508 e. The monoisotopic (exact) mass is 227 g/mol. The summed E-state index contributed by atoms with van der Waals surface area (Å²) in [6, 6.07) is 13.3. The number of hydrogen-bond acceptors (Lipinski definition) is 3. The van der Waals surface area contributed by atoms with Crippen LogP contribution in [-0.4, -0.2) is 11.3 Å². The van der Waals surface area contributed by atoms with Crippen LogP contribution in [0.1, 0.15) is 5.56 Å². The van der Waals surface area contributed by atoms with Gasteiger partial charge in [0.2, 0.25) is 0 Å². The number of rotatable bonds is 0. The Kier molecular flexibility index (Phi) is 2.18. The van der Waals surface area contributed by atoms with Gasteiger partial charge in [0, 0.05) is 21.6 Å². The lowest BCUT2D eigenvalue weighted by Gasteiger charge is -2.04. The van der Waals surface area contributed by atoms with E-state index in [0.29, 0.717) is 0 Å². The van der Waals surface area contributed by atoms with Crippen molar-refractivity contribution < 1.29 is 5.11 Å². The molecule has 1 aliphatic heterocycles. The minimum atomic E-state index is 0.279. The molecule has 1 aliphatic rings. The topological polar surface area (TPSA) is 32.6 Å². The van der Waals surface area contributed by atoms with E-state index in [-0.39, 0.29) is 5.75 Å². The van der Waals surface area contributed by atoms with Crippen LogP contribution in [-0.2, 0) is 0 Å². The van der Waals surface area contributed by atoms with Crippen LogP contribution in [0, 0.1) is 0 Å². The molecular formula is C13H9NOS. The summed E-state index contributed by atoms with van der Waals surface area (Å²) in [4.78, 5) is 6.56. The average Bonchev–Trinajstić information content (AvgIpc) is 2.47. The van der Waals surface area contributed by atoms with Crippen molar-refractivity contribution in [3.63, 3.8) is 0 Å². The van der Waals surface area contributed by atoms with E-state index < -0.39 is 0 Å². The van der Waals surface area contributed by atoms with Gasteiger partial charge in [0.05, 0.1) is 5.69 Å². The number of aliphatic imine (C=N–C) groups is 1. The normalized spacial score (nSPS) is 12.8. The molecule has 1 heterocycles. The molecule has 3 rings (SSSR count). The molecule has 0 spiro atoms.